The zero-order valence-corrected chi connectivity index (χ0v) is 8.98. The van der Waals surface area contributed by atoms with Crippen molar-refractivity contribution in [3.8, 4) is 0 Å². The highest BCUT2D eigenvalue weighted by Crippen LogP contribution is 2.40. The van der Waals surface area contributed by atoms with Crippen LogP contribution >= 0.6 is 22.9 Å². The third-order valence-electron chi connectivity index (χ3n) is 2.62. The van der Waals surface area contributed by atoms with Gasteiger partial charge >= 0.3 is 0 Å². The number of hydrogen-bond donors (Lipinski definition) is 0. The smallest absolute Gasteiger partial charge is 0.159 e. The van der Waals surface area contributed by atoms with Crippen molar-refractivity contribution in [3.63, 3.8) is 0 Å². The molecule has 2 aromatic rings. The summed E-state index contributed by atoms with van der Waals surface area (Å²) in [5.74, 6) is 0.644. The molecule has 1 saturated carbocycles. The summed E-state index contributed by atoms with van der Waals surface area (Å²) in [6.07, 6.45) is 5.32. The number of nitrogens with zero attached hydrogens (tertiary/aromatic N) is 3. The number of fused-ring (bicyclic) bond motifs is 1. The summed E-state index contributed by atoms with van der Waals surface area (Å²) in [5, 5.41) is 1.64. The summed E-state index contributed by atoms with van der Waals surface area (Å²) in [4.78, 5) is 13.5. The van der Waals surface area contributed by atoms with Crippen molar-refractivity contribution in [1.82, 2.24) is 15.0 Å². The predicted molar refractivity (Wildman–Crippen MR) is 56.8 cm³/mol. The van der Waals surface area contributed by atoms with Crippen molar-refractivity contribution in [1.29, 1.82) is 0 Å². The van der Waals surface area contributed by atoms with E-state index in [0.29, 0.717) is 11.1 Å². The lowest BCUT2D eigenvalue weighted by Gasteiger charge is -2.22. The van der Waals surface area contributed by atoms with E-state index in [9.17, 15) is 0 Å². The van der Waals surface area contributed by atoms with Crippen molar-refractivity contribution in [2.45, 2.75) is 25.2 Å². The van der Waals surface area contributed by atoms with Gasteiger partial charge in [-0.1, -0.05) is 29.4 Å². The van der Waals surface area contributed by atoms with Crippen LogP contribution in [-0.4, -0.2) is 15.0 Å². The lowest BCUT2D eigenvalue weighted by Crippen LogP contribution is -2.07. The van der Waals surface area contributed by atoms with Crippen LogP contribution in [0.15, 0.2) is 6.33 Å². The lowest BCUT2D eigenvalue weighted by atomic mass is 9.86. The number of aromatic nitrogens is 3. The Balaban J connectivity index is 2.15. The summed E-state index contributed by atoms with van der Waals surface area (Å²) < 4.78 is 0. The standard InChI is InChI=1S/C9H8ClN3S/c10-7-6-9(12-4-11-7)14-8(13-6)5-2-1-3-5/h4-5H,1-3H2. The van der Waals surface area contributed by atoms with Gasteiger partial charge in [-0.15, -0.1) is 0 Å². The van der Waals surface area contributed by atoms with Gasteiger partial charge in [0, 0.05) is 5.92 Å². The van der Waals surface area contributed by atoms with E-state index >= 15 is 0 Å². The van der Waals surface area contributed by atoms with E-state index < -0.39 is 0 Å². The Bertz CT molecular complexity index is 478. The van der Waals surface area contributed by atoms with Gasteiger partial charge in [0.1, 0.15) is 16.7 Å². The van der Waals surface area contributed by atoms with Gasteiger partial charge in [0.15, 0.2) is 5.15 Å². The second kappa shape index (κ2) is 3.14. The fourth-order valence-electron chi connectivity index (χ4n) is 1.57. The van der Waals surface area contributed by atoms with Crippen molar-refractivity contribution in [3.05, 3.63) is 16.5 Å². The third-order valence-corrected chi connectivity index (χ3v) is 4.02. The van der Waals surface area contributed by atoms with E-state index in [2.05, 4.69) is 15.0 Å². The highest BCUT2D eigenvalue weighted by Gasteiger charge is 2.23. The van der Waals surface area contributed by atoms with Crippen LogP contribution in [0.3, 0.4) is 0 Å². The first kappa shape index (κ1) is 8.56. The zero-order chi connectivity index (χ0) is 9.54. The maximum atomic E-state index is 5.93. The first-order valence-corrected chi connectivity index (χ1v) is 5.81. The molecule has 0 amide bonds. The average molecular weight is 226 g/mol. The average Bonchev–Trinajstić information content (AvgIpc) is 2.46. The Morgan fingerprint density at radius 1 is 1.36 bits per heavy atom. The summed E-state index contributed by atoms with van der Waals surface area (Å²) in [6.45, 7) is 0. The summed E-state index contributed by atoms with van der Waals surface area (Å²) in [6, 6.07) is 0. The summed E-state index contributed by atoms with van der Waals surface area (Å²) >= 11 is 7.58. The molecule has 1 aliphatic carbocycles. The lowest BCUT2D eigenvalue weighted by molar-refractivity contribution is 0.419. The van der Waals surface area contributed by atoms with Gasteiger partial charge in [-0.2, -0.15) is 0 Å². The Morgan fingerprint density at radius 3 is 2.86 bits per heavy atom. The van der Waals surface area contributed by atoms with Crippen molar-refractivity contribution in [2.75, 3.05) is 0 Å². The molecule has 0 aromatic carbocycles. The number of halogens is 1. The van der Waals surface area contributed by atoms with Gasteiger partial charge in [0.25, 0.3) is 0 Å². The molecule has 72 valence electrons. The van der Waals surface area contributed by atoms with Gasteiger partial charge in [0.05, 0.1) is 5.01 Å². The fourth-order valence-corrected chi connectivity index (χ4v) is 2.88. The molecular formula is C9H8ClN3S. The SMILES string of the molecule is Clc1ncnc2sc(C3CCC3)nc12. The van der Waals surface area contributed by atoms with Gasteiger partial charge in [-0.05, 0) is 12.8 Å². The molecule has 0 aliphatic heterocycles. The van der Waals surface area contributed by atoms with Gasteiger partial charge < -0.3 is 0 Å². The minimum absolute atomic E-state index is 0.469. The summed E-state index contributed by atoms with van der Waals surface area (Å²) in [5.41, 5.74) is 0.765. The maximum absolute atomic E-state index is 5.93. The van der Waals surface area contributed by atoms with E-state index in [1.807, 2.05) is 0 Å². The van der Waals surface area contributed by atoms with Crippen LogP contribution in [0.25, 0.3) is 10.3 Å². The zero-order valence-electron chi connectivity index (χ0n) is 7.40. The second-order valence-electron chi connectivity index (χ2n) is 3.50. The second-order valence-corrected chi connectivity index (χ2v) is 4.87. The molecule has 0 radical (unpaired) electrons. The Kier molecular flexibility index (Phi) is 1.92. The Morgan fingerprint density at radius 2 is 2.21 bits per heavy atom. The summed E-state index contributed by atoms with van der Waals surface area (Å²) in [7, 11) is 0. The van der Waals surface area contributed by atoms with Crippen LogP contribution in [0.4, 0.5) is 0 Å². The van der Waals surface area contributed by atoms with Crippen LogP contribution in [0, 0.1) is 0 Å². The van der Waals surface area contributed by atoms with Crippen molar-refractivity contribution >= 4 is 33.3 Å². The minimum atomic E-state index is 0.469. The van der Waals surface area contributed by atoms with Gasteiger partial charge in [0.2, 0.25) is 0 Å². The highest BCUT2D eigenvalue weighted by molar-refractivity contribution is 7.18. The van der Waals surface area contributed by atoms with Crippen LogP contribution in [-0.2, 0) is 0 Å². The highest BCUT2D eigenvalue weighted by atomic mass is 35.5. The Labute approximate surface area is 90.2 Å². The Hall–Kier alpha value is -0.740. The molecule has 0 saturated heterocycles. The first-order chi connectivity index (χ1) is 6.84. The molecule has 2 heterocycles. The number of rotatable bonds is 1. The fraction of sp³-hybridized carbons (Fsp3) is 0.444. The third kappa shape index (κ3) is 1.21. The normalized spacial score (nSPS) is 17.2. The monoisotopic (exact) mass is 225 g/mol. The maximum Gasteiger partial charge on any atom is 0.159 e. The van der Waals surface area contributed by atoms with Crippen LogP contribution in [0.2, 0.25) is 5.15 Å². The molecule has 1 fully saturated rings. The molecule has 0 spiro atoms. The quantitative estimate of drug-likeness (QED) is 0.701. The molecule has 2 aromatic heterocycles. The molecule has 5 heteroatoms. The molecule has 0 atom stereocenters. The van der Waals surface area contributed by atoms with Crippen molar-refractivity contribution in [2.24, 2.45) is 0 Å². The van der Waals surface area contributed by atoms with Gasteiger partial charge in [-0.3, -0.25) is 0 Å². The molecule has 0 bridgehead atoms. The molecule has 0 N–H and O–H groups in total. The largest absolute Gasteiger partial charge is 0.236 e. The molecule has 3 nitrogen and oxygen atoms in total. The molecule has 1 aliphatic rings. The number of thiazole rings is 1. The van der Waals surface area contributed by atoms with Gasteiger partial charge in [-0.25, -0.2) is 15.0 Å². The molecule has 0 unspecified atom stereocenters. The van der Waals surface area contributed by atoms with E-state index in [1.165, 1.54) is 30.6 Å². The molecule has 14 heavy (non-hydrogen) atoms. The predicted octanol–water partition coefficient (Wildman–Crippen LogP) is 3.01. The number of hydrogen-bond acceptors (Lipinski definition) is 4. The van der Waals surface area contributed by atoms with Crippen LogP contribution < -0.4 is 0 Å². The van der Waals surface area contributed by atoms with Crippen molar-refractivity contribution < 1.29 is 0 Å². The van der Waals surface area contributed by atoms with E-state index in [0.717, 1.165) is 10.3 Å². The van der Waals surface area contributed by atoms with E-state index in [1.54, 1.807) is 11.3 Å². The molecule has 3 rings (SSSR count). The topological polar surface area (TPSA) is 38.7 Å². The van der Waals surface area contributed by atoms with E-state index in [4.69, 9.17) is 11.6 Å². The first-order valence-electron chi connectivity index (χ1n) is 4.61. The minimum Gasteiger partial charge on any atom is -0.236 e. The van der Waals surface area contributed by atoms with Crippen LogP contribution in [0.5, 0.6) is 0 Å². The van der Waals surface area contributed by atoms with Crippen LogP contribution in [0.1, 0.15) is 30.2 Å². The molecular weight excluding hydrogens is 218 g/mol. The van der Waals surface area contributed by atoms with E-state index in [-0.39, 0.29) is 0 Å².